The zero-order valence-corrected chi connectivity index (χ0v) is 17.6. The van der Waals surface area contributed by atoms with Crippen LogP contribution in [0, 0.1) is 5.92 Å². The standard InChI is InChI=1S/C19H26N4O5S/c1-13(2)10-15-11-16(22-21-15)19(24)20-14-4-5-17(27-3)18(12-14)29(25,26)23-6-8-28-9-7-23/h4-5,11-13H,6-10H2,1-3H3,(H,20,24)(H,21,22). The molecule has 0 saturated carbocycles. The van der Waals surface area contributed by atoms with Crippen LogP contribution in [0.3, 0.4) is 0 Å². The predicted molar refractivity (Wildman–Crippen MR) is 108 cm³/mol. The number of nitrogens with one attached hydrogen (secondary N) is 2. The third-order valence-electron chi connectivity index (χ3n) is 4.50. The Morgan fingerprint density at radius 1 is 1.31 bits per heavy atom. The Labute approximate surface area is 170 Å². The molecule has 1 aliphatic rings. The Hall–Kier alpha value is -2.43. The summed E-state index contributed by atoms with van der Waals surface area (Å²) in [5, 5.41) is 9.60. The van der Waals surface area contributed by atoms with E-state index in [4.69, 9.17) is 9.47 Å². The summed E-state index contributed by atoms with van der Waals surface area (Å²) in [5.74, 6) is 0.227. The molecular weight excluding hydrogens is 396 g/mol. The molecule has 0 aliphatic carbocycles. The molecule has 2 N–H and O–H groups in total. The lowest BCUT2D eigenvalue weighted by Gasteiger charge is -2.26. The van der Waals surface area contributed by atoms with Gasteiger partial charge in [0.15, 0.2) is 5.69 Å². The molecular formula is C19H26N4O5S. The van der Waals surface area contributed by atoms with Crippen molar-refractivity contribution in [1.29, 1.82) is 0 Å². The van der Waals surface area contributed by atoms with E-state index in [-0.39, 0.29) is 29.4 Å². The van der Waals surface area contributed by atoms with E-state index < -0.39 is 15.9 Å². The van der Waals surface area contributed by atoms with Gasteiger partial charge in [-0.1, -0.05) is 13.8 Å². The Morgan fingerprint density at radius 2 is 2.03 bits per heavy atom. The van der Waals surface area contributed by atoms with Crippen LogP contribution in [-0.2, 0) is 21.2 Å². The monoisotopic (exact) mass is 422 g/mol. The van der Waals surface area contributed by atoms with E-state index in [0.29, 0.717) is 24.8 Å². The summed E-state index contributed by atoms with van der Waals surface area (Å²) in [7, 11) is -2.37. The third kappa shape index (κ3) is 4.95. The summed E-state index contributed by atoms with van der Waals surface area (Å²) in [6.45, 7) is 5.39. The second-order valence-corrected chi connectivity index (χ2v) is 9.12. The van der Waals surface area contributed by atoms with Gasteiger partial charge < -0.3 is 14.8 Å². The zero-order chi connectivity index (χ0) is 21.0. The number of hydrogen-bond donors (Lipinski definition) is 2. The summed E-state index contributed by atoms with van der Waals surface area (Å²) in [6.07, 6.45) is 0.782. The number of aromatic amines is 1. The number of H-pyrrole nitrogens is 1. The Kier molecular flexibility index (Phi) is 6.56. The van der Waals surface area contributed by atoms with Gasteiger partial charge in [-0.15, -0.1) is 0 Å². The first-order valence-electron chi connectivity index (χ1n) is 9.43. The number of aromatic nitrogens is 2. The lowest BCUT2D eigenvalue weighted by molar-refractivity contribution is 0.0729. The number of rotatable bonds is 7. The normalized spacial score (nSPS) is 15.4. The van der Waals surface area contributed by atoms with E-state index in [9.17, 15) is 13.2 Å². The molecule has 1 aromatic carbocycles. The maximum absolute atomic E-state index is 13.0. The number of amides is 1. The van der Waals surface area contributed by atoms with Crippen LogP contribution in [-0.4, -0.2) is 62.2 Å². The quantitative estimate of drug-likeness (QED) is 0.704. The maximum atomic E-state index is 13.0. The highest BCUT2D eigenvalue weighted by Gasteiger charge is 2.29. The first kappa shape index (κ1) is 21.3. The summed E-state index contributed by atoms with van der Waals surface area (Å²) < 4.78 is 37.9. The Bertz CT molecular complexity index is 965. The van der Waals surface area contributed by atoms with E-state index >= 15 is 0 Å². The van der Waals surface area contributed by atoms with E-state index in [1.54, 1.807) is 12.1 Å². The fourth-order valence-corrected chi connectivity index (χ4v) is 4.69. The lowest BCUT2D eigenvalue weighted by Crippen LogP contribution is -2.40. The second kappa shape index (κ2) is 8.93. The van der Waals surface area contributed by atoms with Crippen molar-refractivity contribution in [1.82, 2.24) is 14.5 Å². The third-order valence-corrected chi connectivity index (χ3v) is 6.42. The largest absolute Gasteiger partial charge is 0.495 e. The highest BCUT2D eigenvalue weighted by atomic mass is 32.2. The topological polar surface area (TPSA) is 114 Å². The van der Waals surface area contributed by atoms with Crippen LogP contribution in [0.1, 0.15) is 30.0 Å². The van der Waals surface area contributed by atoms with Crippen LogP contribution in [0.4, 0.5) is 5.69 Å². The smallest absolute Gasteiger partial charge is 0.276 e. The minimum absolute atomic E-state index is 0.00206. The number of benzene rings is 1. The van der Waals surface area contributed by atoms with Gasteiger partial charge in [0.05, 0.1) is 20.3 Å². The molecule has 2 aromatic rings. The number of anilines is 1. The lowest BCUT2D eigenvalue weighted by atomic mass is 10.1. The molecule has 1 fully saturated rings. The number of morpholine rings is 1. The van der Waals surface area contributed by atoms with Crippen molar-refractivity contribution in [3.63, 3.8) is 0 Å². The molecule has 0 spiro atoms. The molecule has 0 atom stereocenters. The first-order chi connectivity index (χ1) is 13.8. The molecule has 9 nitrogen and oxygen atoms in total. The molecule has 1 aromatic heterocycles. The molecule has 0 bridgehead atoms. The predicted octanol–water partition coefficient (Wildman–Crippen LogP) is 1.89. The average Bonchev–Trinajstić information content (AvgIpc) is 3.16. The van der Waals surface area contributed by atoms with Crippen molar-refractivity contribution in [2.75, 3.05) is 38.7 Å². The highest BCUT2D eigenvalue weighted by molar-refractivity contribution is 7.89. The van der Waals surface area contributed by atoms with E-state index in [0.717, 1.165) is 12.1 Å². The van der Waals surface area contributed by atoms with Gasteiger partial charge in [-0.3, -0.25) is 9.89 Å². The summed E-state index contributed by atoms with van der Waals surface area (Å²) >= 11 is 0. The van der Waals surface area contributed by atoms with Crippen LogP contribution in [0.2, 0.25) is 0 Å². The molecule has 158 valence electrons. The fraction of sp³-hybridized carbons (Fsp3) is 0.474. The fourth-order valence-electron chi connectivity index (χ4n) is 3.10. The van der Waals surface area contributed by atoms with E-state index in [1.807, 2.05) is 0 Å². The van der Waals surface area contributed by atoms with Gasteiger partial charge in [-0.2, -0.15) is 9.40 Å². The minimum Gasteiger partial charge on any atom is -0.495 e. The van der Waals surface area contributed by atoms with Crippen LogP contribution in [0.25, 0.3) is 0 Å². The molecule has 3 rings (SSSR count). The first-order valence-corrected chi connectivity index (χ1v) is 10.9. The molecule has 0 radical (unpaired) electrons. The van der Waals surface area contributed by atoms with E-state index in [2.05, 4.69) is 29.4 Å². The van der Waals surface area contributed by atoms with Gasteiger partial charge in [0.2, 0.25) is 10.0 Å². The molecule has 10 heteroatoms. The molecule has 0 unspecified atom stereocenters. The van der Waals surface area contributed by atoms with Crippen LogP contribution in [0.15, 0.2) is 29.2 Å². The van der Waals surface area contributed by atoms with Gasteiger partial charge in [-0.25, -0.2) is 8.42 Å². The van der Waals surface area contributed by atoms with Crippen molar-refractivity contribution in [3.05, 3.63) is 35.7 Å². The molecule has 1 saturated heterocycles. The molecule has 1 amide bonds. The number of ether oxygens (including phenoxy) is 2. The average molecular weight is 423 g/mol. The van der Waals surface area contributed by atoms with Crippen LogP contribution in [0.5, 0.6) is 5.75 Å². The minimum atomic E-state index is -3.78. The molecule has 1 aliphatic heterocycles. The number of methoxy groups -OCH3 is 1. The number of sulfonamides is 1. The molecule has 29 heavy (non-hydrogen) atoms. The van der Waals surface area contributed by atoms with Crippen molar-refractivity contribution < 1.29 is 22.7 Å². The van der Waals surface area contributed by atoms with Gasteiger partial charge in [0.25, 0.3) is 5.91 Å². The van der Waals surface area contributed by atoms with Crippen molar-refractivity contribution >= 4 is 21.6 Å². The zero-order valence-electron chi connectivity index (χ0n) is 16.8. The Morgan fingerprint density at radius 3 is 2.69 bits per heavy atom. The molecule has 2 heterocycles. The number of carbonyl (C=O) groups excluding carboxylic acids is 1. The SMILES string of the molecule is COc1ccc(NC(=O)c2cc(CC(C)C)[nH]n2)cc1S(=O)(=O)N1CCOCC1. The summed E-state index contributed by atoms with van der Waals surface area (Å²) in [5.41, 5.74) is 1.46. The number of hydrogen-bond acceptors (Lipinski definition) is 6. The van der Waals surface area contributed by atoms with Crippen molar-refractivity contribution in [3.8, 4) is 5.75 Å². The summed E-state index contributed by atoms with van der Waals surface area (Å²) in [4.78, 5) is 12.5. The van der Waals surface area contributed by atoms with Crippen molar-refractivity contribution in [2.24, 2.45) is 5.92 Å². The number of carbonyl (C=O) groups is 1. The van der Waals surface area contributed by atoms with Gasteiger partial charge in [0.1, 0.15) is 10.6 Å². The second-order valence-electron chi connectivity index (χ2n) is 7.21. The van der Waals surface area contributed by atoms with Gasteiger partial charge >= 0.3 is 0 Å². The van der Waals surface area contributed by atoms with Crippen LogP contribution < -0.4 is 10.1 Å². The van der Waals surface area contributed by atoms with Crippen LogP contribution >= 0.6 is 0 Å². The summed E-state index contributed by atoms with van der Waals surface area (Å²) in [6, 6.07) is 6.22. The Balaban J connectivity index is 1.83. The maximum Gasteiger partial charge on any atom is 0.276 e. The van der Waals surface area contributed by atoms with Gasteiger partial charge in [-0.05, 0) is 36.6 Å². The van der Waals surface area contributed by atoms with E-state index in [1.165, 1.54) is 23.5 Å². The van der Waals surface area contributed by atoms with Gasteiger partial charge in [0, 0.05) is 24.5 Å². The number of nitrogens with zero attached hydrogens (tertiary/aromatic N) is 2. The van der Waals surface area contributed by atoms with Crippen molar-refractivity contribution in [2.45, 2.75) is 25.2 Å². The highest BCUT2D eigenvalue weighted by Crippen LogP contribution is 2.30.